The smallest absolute Gasteiger partial charge is 0.303 e. The summed E-state index contributed by atoms with van der Waals surface area (Å²) in [7, 11) is 2.73. The first kappa shape index (κ1) is 11.4. The molecule has 0 bridgehead atoms. The predicted molar refractivity (Wildman–Crippen MR) is 50.6 cm³/mol. The zero-order valence-electron chi connectivity index (χ0n) is 4.28. The third-order valence-electron chi connectivity index (χ3n) is 0.236. The minimum atomic E-state index is -0.568. The summed E-state index contributed by atoms with van der Waals surface area (Å²) in [6, 6.07) is 0. The van der Waals surface area contributed by atoms with E-state index >= 15 is 0 Å². The molecule has 0 aliphatic rings. The van der Waals surface area contributed by atoms with Gasteiger partial charge in [-0.25, -0.2) is 0 Å². The van der Waals surface area contributed by atoms with E-state index < -0.39 is 10.0 Å². The Morgan fingerprint density at radius 3 is 1.43 bits per heavy atom. The van der Waals surface area contributed by atoms with Crippen LogP contribution in [0.2, 0.25) is 0 Å². The van der Waals surface area contributed by atoms with Crippen molar-refractivity contribution >= 4 is 47.2 Å². The van der Waals surface area contributed by atoms with Crippen LogP contribution in [0.4, 0.5) is 0 Å². The van der Waals surface area contributed by atoms with Crippen LogP contribution < -0.4 is 0 Å². The van der Waals surface area contributed by atoms with Crippen LogP contribution in [0, 0.1) is 0 Å². The minimum absolute atomic E-state index is 0.568. The molecule has 0 aromatic heterocycles. The van der Waals surface area contributed by atoms with Crippen LogP contribution in [0.3, 0.4) is 0 Å². The van der Waals surface area contributed by atoms with Crippen LogP contribution in [0.5, 0.6) is 0 Å². The van der Waals surface area contributed by atoms with Crippen molar-refractivity contribution in [3.05, 3.63) is 0 Å². The number of hydrogen-bond acceptors (Lipinski definition) is 2. The van der Waals surface area contributed by atoms with Crippen LogP contribution in [0.15, 0.2) is 0 Å². The zero-order chi connectivity index (χ0) is 6.12. The topological polar surface area (TPSA) is 18.5 Å². The van der Waals surface area contributed by atoms with Gasteiger partial charge in [-0.15, -0.1) is 0 Å². The average Bonchev–Trinajstić information content (AvgIpc) is 1.75. The lowest BCUT2D eigenvalue weighted by atomic mass is 11.8. The lowest BCUT2D eigenvalue weighted by molar-refractivity contribution is 0.309. The quantitative estimate of drug-likeness (QED) is 0.550. The fourth-order valence-corrected chi connectivity index (χ4v) is 0.354. The Morgan fingerprint density at radius 2 is 1.43 bits per heavy atom. The molecular weight excluding hydrogens is 338 g/mol. The van der Waals surface area contributed by atoms with E-state index in [1.807, 2.05) is 0 Å². The molecule has 0 amide bonds. The van der Waals surface area contributed by atoms with E-state index in [1.165, 1.54) is 0 Å². The van der Waals surface area contributed by atoms with Crippen molar-refractivity contribution in [2.45, 2.75) is 0 Å². The van der Waals surface area contributed by atoms with Gasteiger partial charge in [0.2, 0.25) is 0 Å². The monoisotopic (exact) mass is 346 g/mol. The fraction of sp³-hybridized carbons (Fsp3) is 1.00. The van der Waals surface area contributed by atoms with Gasteiger partial charge in [-0.2, -0.15) is 0 Å². The first-order chi connectivity index (χ1) is 3.41. The van der Waals surface area contributed by atoms with Gasteiger partial charge >= 0.3 is 10.0 Å². The molecule has 46 valence electrons. The standard InChI is InChI=1S/C2H8O2Si.I2/c1-3-5-4-2;1-2/h5H2,1-2H3;. The van der Waals surface area contributed by atoms with Gasteiger partial charge < -0.3 is 8.85 Å². The Hall–Kier alpha value is 1.60. The van der Waals surface area contributed by atoms with E-state index in [4.69, 9.17) is 0 Å². The molecule has 0 rings (SSSR count). The molecule has 0 aliphatic heterocycles. The third-order valence-corrected chi connectivity index (χ3v) is 0.707. The van der Waals surface area contributed by atoms with Gasteiger partial charge in [-0.3, -0.25) is 0 Å². The average molecular weight is 346 g/mol. The van der Waals surface area contributed by atoms with Crippen molar-refractivity contribution in [3.63, 3.8) is 0 Å². The maximum Gasteiger partial charge on any atom is 0.303 e. The second kappa shape index (κ2) is 15.6. The molecule has 0 aromatic carbocycles. The lowest BCUT2D eigenvalue weighted by Crippen LogP contribution is -1.93. The van der Waals surface area contributed by atoms with Crippen molar-refractivity contribution in [2.24, 2.45) is 0 Å². The first-order valence-electron chi connectivity index (χ1n) is 1.54. The fourth-order valence-electron chi connectivity index (χ4n) is 0.118. The highest BCUT2D eigenvalue weighted by Crippen LogP contribution is 1.89. The normalized spacial score (nSPS) is 6.86. The Morgan fingerprint density at radius 1 is 1.14 bits per heavy atom. The molecule has 0 fully saturated rings. The second-order valence-corrected chi connectivity index (χ2v) is 2.09. The molecule has 0 unspecified atom stereocenters. The minimum Gasteiger partial charge on any atom is -0.402 e. The van der Waals surface area contributed by atoms with Crippen molar-refractivity contribution in [3.8, 4) is 0 Å². The summed E-state index contributed by atoms with van der Waals surface area (Å²) in [5.74, 6) is 0. The molecule has 0 saturated carbocycles. The number of halogens is 2. The second-order valence-electron chi connectivity index (χ2n) is 0.695. The molecule has 2 nitrogen and oxygen atoms in total. The van der Waals surface area contributed by atoms with Crippen LogP contribution in [-0.2, 0) is 8.85 Å². The van der Waals surface area contributed by atoms with Crippen LogP contribution in [0.1, 0.15) is 0 Å². The van der Waals surface area contributed by atoms with Crippen molar-refractivity contribution < 1.29 is 8.85 Å². The van der Waals surface area contributed by atoms with Gasteiger partial charge in [0, 0.05) is 51.5 Å². The molecule has 5 heteroatoms. The zero-order valence-corrected chi connectivity index (χ0v) is 10.0. The van der Waals surface area contributed by atoms with E-state index in [1.54, 1.807) is 14.2 Å². The predicted octanol–water partition coefficient (Wildman–Crippen LogP) is 1.05. The van der Waals surface area contributed by atoms with E-state index in [9.17, 15) is 0 Å². The van der Waals surface area contributed by atoms with Crippen molar-refractivity contribution in [1.29, 1.82) is 0 Å². The Bertz CT molecular complexity index is 21.2. The summed E-state index contributed by atoms with van der Waals surface area (Å²) < 4.78 is 9.22. The summed E-state index contributed by atoms with van der Waals surface area (Å²) in [6.07, 6.45) is 0. The van der Waals surface area contributed by atoms with Crippen LogP contribution in [-0.4, -0.2) is 24.2 Å². The van der Waals surface area contributed by atoms with Crippen LogP contribution >= 0.6 is 37.2 Å². The Kier molecular flexibility index (Phi) is 25.5. The summed E-state index contributed by atoms with van der Waals surface area (Å²) in [5, 5.41) is 0. The molecule has 0 radical (unpaired) electrons. The summed E-state index contributed by atoms with van der Waals surface area (Å²) >= 11 is 4.24. The first-order valence-corrected chi connectivity index (χ1v) is 8.98. The van der Waals surface area contributed by atoms with Gasteiger partial charge in [0.25, 0.3) is 0 Å². The summed E-state index contributed by atoms with van der Waals surface area (Å²) in [5.41, 5.74) is 0. The number of rotatable bonds is 2. The lowest BCUT2D eigenvalue weighted by Gasteiger charge is -1.86. The Labute approximate surface area is 69.7 Å². The molecule has 0 saturated heterocycles. The van der Waals surface area contributed by atoms with Gasteiger partial charge in [0.05, 0.1) is 0 Å². The molecule has 7 heavy (non-hydrogen) atoms. The van der Waals surface area contributed by atoms with Gasteiger partial charge in [0.1, 0.15) is 0 Å². The van der Waals surface area contributed by atoms with E-state index in [0.29, 0.717) is 0 Å². The molecule has 0 atom stereocenters. The largest absolute Gasteiger partial charge is 0.402 e. The highest BCUT2D eigenvalue weighted by atomic mass is 128. The molecule has 0 aromatic rings. The van der Waals surface area contributed by atoms with Crippen LogP contribution in [0.25, 0.3) is 0 Å². The van der Waals surface area contributed by atoms with Gasteiger partial charge in [0.15, 0.2) is 0 Å². The highest BCUT2D eigenvalue weighted by molar-refractivity contribution is 15.0. The van der Waals surface area contributed by atoms with Crippen molar-refractivity contribution in [1.82, 2.24) is 0 Å². The third kappa shape index (κ3) is 18.4. The Balaban J connectivity index is 0. The van der Waals surface area contributed by atoms with Crippen molar-refractivity contribution in [2.75, 3.05) is 14.2 Å². The van der Waals surface area contributed by atoms with Gasteiger partial charge in [-0.05, 0) is 0 Å². The molecule has 0 N–H and O–H groups in total. The summed E-state index contributed by atoms with van der Waals surface area (Å²) in [4.78, 5) is 0. The maximum atomic E-state index is 4.61. The molecule has 0 aliphatic carbocycles. The molecular formula is C2H8I2O2Si. The van der Waals surface area contributed by atoms with E-state index in [-0.39, 0.29) is 0 Å². The molecule has 0 spiro atoms. The van der Waals surface area contributed by atoms with E-state index in [0.717, 1.165) is 0 Å². The van der Waals surface area contributed by atoms with Gasteiger partial charge in [-0.1, -0.05) is 0 Å². The maximum absolute atomic E-state index is 4.61. The molecule has 0 heterocycles. The number of hydrogen-bond donors (Lipinski definition) is 0. The summed E-state index contributed by atoms with van der Waals surface area (Å²) in [6.45, 7) is 0. The highest BCUT2D eigenvalue weighted by Gasteiger charge is 1.67. The SMILES string of the molecule is CO[SiH2]OC.II. The van der Waals surface area contributed by atoms with E-state index in [2.05, 4.69) is 46.1 Å².